The molecule has 1 amide bonds. The molecule has 0 heterocycles. The van der Waals surface area contributed by atoms with E-state index in [4.69, 9.17) is 5.26 Å². The van der Waals surface area contributed by atoms with Crippen molar-refractivity contribution in [1.82, 2.24) is 5.32 Å². The highest BCUT2D eigenvalue weighted by atomic mass is 32.2. The van der Waals surface area contributed by atoms with E-state index >= 15 is 0 Å². The number of rotatable bonds is 8. The van der Waals surface area contributed by atoms with Gasteiger partial charge in [-0.1, -0.05) is 18.2 Å². The van der Waals surface area contributed by atoms with Crippen LogP contribution >= 0.6 is 0 Å². The Morgan fingerprint density at radius 1 is 0.906 bits per heavy atom. The molecule has 10 heteroatoms. The fraction of sp³-hybridized carbons (Fsp3) is 0.0909. The first kappa shape index (κ1) is 22.7. The first-order valence-electron chi connectivity index (χ1n) is 9.40. The van der Waals surface area contributed by atoms with Gasteiger partial charge < -0.3 is 10.6 Å². The van der Waals surface area contributed by atoms with Crippen LogP contribution in [-0.2, 0) is 10.0 Å². The predicted octanol–water partition coefficient (Wildman–Crippen LogP) is 3.48. The lowest BCUT2D eigenvalue weighted by Crippen LogP contribution is -2.30. The number of amides is 1. The smallest absolute Gasteiger partial charge is 0.261 e. The highest BCUT2D eigenvalue weighted by Crippen LogP contribution is 2.21. The second-order valence-electron chi connectivity index (χ2n) is 6.56. The number of anilines is 2. The van der Waals surface area contributed by atoms with E-state index in [1.807, 2.05) is 0 Å². The second kappa shape index (κ2) is 9.89. The van der Waals surface area contributed by atoms with E-state index in [9.17, 15) is 22.0 Å². The monoisotopic (exact) mass is 456 g/mol. The molecule has 0 atom stereocenters. The molecule has 3 rings (SSSR count). The number of halogens is 2. The Morgan fingerprint density at radius 3 is 2.31 bits per heavy atom. The van der Waals surface area contributed by atoms with Crippen molar-refractivity contribution < 1.29 is 22.0 Å². The van der Waals surface area contributed by atoms with E-state index in [1.165, 1.54) is 24.3 Å². The van der Waals surface area contributed by atoms with Crippen LogP contribution in [0.1, 0.15) is 15.9 Å². The van der Waals surface area contributed by atoms with Crippen LogP contribution in [0.3, 0.4) is 0 Å². The minimum absolute atomic E-state index is 0.0548. The molecule has 0 aliphatic carbocycles. The first-order chi connectivity index (χ1) is 15.3. The van der Waals surface area contributed by atoms with Crippen molar-refractivity contribution in [2.45, 2.75) is 4.90 Å². The Bertz CT molecular complexity index is 1270. The van der Waals surface area contributed by atoms with Gasteiger partial charge in [-0.3, -0.25) is 9.52 Å². The highest BCUT2D eigenvalue weighted by Gasteiger charge is 2.18. The molecule has 3 aromatic carbocycles. The molecule has 0 aliphatic rings. The van der Waals surface area contributed by atoms with Gasteiger partial charge in [0, 0.05) is 13.1 Å². The molecule has 32 heavy (non-hydrogen) atoms. The van der Waals surface area contributed by atoms with Crippen molar-refractivity contribution in [2.24, 2.45) is 0 Å². The molecule has 0 aliphatic heterocycles. The van der Waals surface area contributed by atoms with Gasteiger partial charge in [0.1, 0.15) is 23.3 Å². The molecule has 0 aromatic heterocycles. The van der Waals surface area contributed by atoms with Crippen LogP contribution in [0.15, 0.2) is 71.6 Å². The van der Waals surface area contributed by atoms with Crippen LogP contribution in [0.5, 0.6) is 0 Å². The Labute approximate surface area is 183 Å². The lowest BCUT2D eigenvalue weighted by atomic mass is 10.1. The summed E-state index contributed by atoms with van der Waals surface area (Å²) < 4.78 is 54.2. The maximum Gasteiger partial charge on any atom is 0.261 e. The number of nitrogens with one attached hydrogen (secondary N) is 3. The van der Waals surface area contributed by atoms with Crippen LogP contribution in [0.25, 0.3) is 0 Å². The Morgan fingerprint density at radius 2 is 1.59 bits per heavy atom. The van der Waals surface area contributed by atoms with Crippen molar-refractivity contribution in [3.8, 4) is 6.07 Å². The van der Waals surface area contributed by atoms with Crippen LogP contribution in [0.2, 0.25) is 0 Å². The van der Waals surface area contributed by atoms with Crippen LogP contribution in [0, 0.1) is 23.0 Å². The summed E-state index contributed by atoms with van der Waals surface area (Å²) in [6, 6.07) is 16.3. The van der Waals surface area contributed by atoms with Gasteiger partial charge in [-0.25, -0.2) is 17.2 Å². The van der Waals surface area contributed by atoms with Gasteiger partial charge in [-0.2, -0.15) is 5.26 Å². The van der Waals surface area contributed by atoms with Crippen molar-refractivity contribution in [2.75, 3.05) is 23.1 Å². The number of carbonyl (C=O) groups excluding carboxylic acids is 1. The average Bonchev–Trinajstić information content (AvgIpc) is 2.77. The van der Waals surface area contributed by atoms with Gasteiger partial charge in [-0.15, -0.1) is 0 Å². The van der Waals surface area contributed by atoms with E-state index in [0.29, 0.717) is 5.69 Å². The summed E-state index contributed by atoms with van der Waals surface area (Å²) in [6.45, 7) is 0.326. The van der Waals surface area contributed by atoms with E-state index in [1.54, 1.807) is 24.3 Å². The Kier molecular flexibility index (Phi) is 7.02. The SMILES string of the molecule is N#Cc1c(F)cccc1NCCNC(=O)c1ccccc1NS(=O)(=O)c1ccc(F)cc1. The molecule has 0 bridgehead atoms. The van der Waals surface area contributed by atoms with Gasteiger partial charge in [0.25, 0.3) is 15.9 Å². The molecule has 0 spiro atoms. The van der Waals surface area contributed by atoms with Gasteiger partial charge >= 0.3 is 0 Å². The maximum atomic E-state index is 13.6. The van der Waals surface area contributed by atoms with E-state index in [-0.39, 0.29) is 34.8 Å². The zero-order chi connectivity index (χ0) is 23.1. The first-order valence-corrected chi connectivity index (χ1v) is 10.9. The summed E-state index contributed by atoms with van der Waals surface area (Å²) in [5, 5.41) is 14.5. The molecule has 0 saturated carbocycles. The molecule has 3 N–H and O–H groups in total. The molecule has 3 aromatic rings. The molecule has 7 nitrogen and oxygen atoms in total. The van der Waals surface area contributed by atoms with Crippen molar-refractivity contribution >= 4 is 27.3 Å². The third kappa shape index (κ3) is 5.39. The highest BCUT2D eigenvalue weighted by molar-refractivity contribution is 7.92. The third-order valence-electron chi connectivity index (χ3n) is 4.39. The molecular weight excluding hydrogens is 438 g/mol. The largest absolute Gasteiger partial charge is 0.382 e. The summed E-state index contributed by atoms with van der Waals surface area (Å²) in [7, 11) is -4.03. The molecule has 0 fully saturated rings. The van der Waals surface area contributed by atoms with Crippen LogP contribution in [0.4, 0.5) is 20.2 Å². The summed E-state index contributed by atoms with van der Waals surface area (Å²) in [6.07, 6.45) is 0. The van der Waals surface area contributed by atoms with Crippen LogP contribution in [-0.4, -0.2) is 27.4 Å². The molecule has 0 radical (unpaired) electrons. The minimum atomic E-state index is -4.03. The Balaban J connectivity index is 1.65. The number of sulfonamides is 1. The number of nitriles is 1. The van der Waals surface area contributed by atoms with Gasteiger partial charge in [0.05, 0.1) is 21.8 Å². The van der Waals surface area contributed by atoms with E-state index in [0.717, 1.165) is 24.3 Å². The number of nitrogens with zero attached hydrogens (tertiary/aromatic N) is 1. The zero-order valence-corrected chi connectivity index (χ0v) is 17.4. The summed E-state index contributed by atoms with van der Waals surface area (Å²) >= 11 is 0. The number of benzene rings is 3. The average molecular weight is 456 g/mol. The lowest BCUT2D eigenvalue weighted by molar-refractivity contribution is 0.0956. The second-order valence-corrected chi connectivity index (χ2v) is 8.24. The number of carbonyl (C=O) groups is 1. The summed E-state index contributed by atoms with van der Waals surface area (Å²) in [5.74, 6) is -1.76. The maximum absolute atomic E-state index is 13.6. The zero-order valence-electron chi connectivity index (χ0n) is 16.6. The van der Waals surface area contributed by atoms with Gasteiger partial charge in [-0.05, 0) is 48.5 Å². The quantitative estimate of drug-likeness (QED) is 0.450. The summed E-state index contributed by atoms with van der Waals surface area (Å²) in [5.41, 5.74) is 0.314. The predicted molar refractivity (Wildman–Crippen MR) is 116 cm³/mol. The van der Waals surface area contributed by atoms with E-state index < -0.39 is 27.6 Å². The van der Waals surface area contributed by atoms with Crippen molar-refractivity contribution in [3.63, 3.8) is 0 Å². The molecule has 0 saturated heterocycles. The standard InChI is InChI=1S/C22H18F2N4O3S/c23-15-8-10-16(11-9-15)32(30,31)28-21-6-2-1-4-17(21)22(29)27-13-12-26-20-7-3-5-19(24)18(20)14-25/h1-11,26,28H,12-13H2,(H,27,29). The van der Waals surface area contributed by atoms with Gasteiger partial charge in [0.2, 0.25) is 0 Å². The van der Waals surface area contributed by atoms with Crippen molar-refractivity contribution in [1.29, 1.82) is 5.26 Å². The lowest BCUT2D eigenvalue weighted by Gasteiger charge is -2.13. The third-order valence-corrected chi connectivity index (χ3v) is 5.77. The van der Waals surface area contributed by atoms with Crippen molar-refractivity contribution in [3.05, 3.63) is 89.5 Å². The summed E-state index contributed by atoms with van der Waals surface area (Å²) in [4.78, 5) is 12.4. The molecular formula is C22H18F2N4O3S. The number of para-hydroxylation sites is 1. The van der Waals surface area contributed by atoms with E-state index in [2.05, 4.69) is 15.4 Å². The normalized spacial score (nSPS) is 10.8. The number of hydrogen-bond donors (Lipinski definition) is 3. The molecule has 0 unspecified atom stereocenters. The molecule has 164 valence electrons. The fourth-order valence-corrected chi connectivity index (χ4v) is 3.92. The Hall–Kier alpha value is -3.97. The topological polar surface area (TPSA) is 111 Å². The van der Waals surface area contributed by atoms with Gasteiger partial charge in [0.15, 0.2) is 0 Å². The minimum Gasteiger partial charge on any atom is -0.382 e. The van der Waals surface area contributed by atoms with Crippen LogP contribution < -0.4 is 15.4 Å². The number of hydrogen-bond acceptors (Lipinski definition) is 5. The fourth-order valence-electron chi connectivity index (χ4n) is 2.84.